The number of carbonyl (C=O) groups is 1. The van der Waals surface area contributed by atoms with Gasteiger partial charge in [0, 0.05) is 38.8 Å². The summed E-state index contributed by atoms with van der Waals surface area (Å²) in [4.78, 5) is 16.4. The van der Waals surface area contributed by atoms with E-state index >= 15 is 0 Å². The molecule has 0 aromatic carbocycles. The molecule has 2 fully saturated rings. The Labute approximate surface area is 98.0 Å². The number of nitrogens with zero attached hydrogens (tertiary/aromatic N) is 2. The van der Waals surface area contributed by atoms with Crippen molar-refractivity contribution in [3.05, 3.63) is 0 Å². The Hall–Kier alpha value is -0.610. The smallest absolute Gasteiger partial charge is 0.236 e. The Morgan fingerprint density at radius 3 is 2.69 bits per heavy atom. The maximum Gasteiger partial charge on any atom is 0.236 e. The van der Waals surface area contributed by atoms with Crippen LogP contribution in [0.2, 0.25) is 0 Å². The first-order valence-corrected chi connectivity index (χ1v) is 6.49. The molecule has 2 heterocycles. The van der Waals surface area contributed by atoms with Gasteiger partial charge in [0.1, 0.15) is 0 Å². The van der Waals surface area contributed by atoms with Gasteiger partial charge < -0.3 is 10.2 Å². The molecule has 0 aliphatic carbocycles. The molecule has 2 aliphatic rings. The number of amides is 1. The van der Waals surface area contributed by atoms with Gasteiger partial charge in [0.2, 0.25) is 5.91 Å². The molecule has 0 spiro atoms. The summed E-state index contributed by atoms with van der Waals surface area (Å²) in [6.07, 6.45) is 3.65. The number of rotatable bonds is 2. The minimum absolute atomic E-state index is 0.328. The van der Waals surface area contributed by atoms with E-state index in [4.69, 9.17) is 0 Å². The van der Waals surface area contributed by atoms with Crippen LogP contribution in [0.1, 0.15) is 26.2 Å². The molecule has 0 bridgehead atoms. The van der Waals surface area contributed by atoms with Gasteiger partial charge in [-0.2, -0.15) is 0 Å². The van der Waals surface area contributed by atoms with Crippen LogP contribution in [0, 0.1) is 0 Å². The van der Waals surface area contributed by atoms with Gasteiger partial charge in [-0.25, -0.2) is 0 Å². The zero-order valence-corrected chi connectivity index (χ0v) is 10.2. The van der Waals surface area contributed by atoms with Crippen LogP contribution in [0.15, 0.2) is 0 Å². The van der Waals surface area contributed by atoms with Gasteiger partial charge in [0.15, 0.2) is 0 Å². The molecule has 0 radical (unpaired) electrons. The van der Waals surface area contributed by atoms with Crippen molar-refractivity contribution in [3.8, 4) is 0 Å². The number of piperidine rings is 1. The van der Waals surface area contributed by atoms with Crippen molar-refractivity contribution in [3.63, 3.8) is 0 Å². The third kappa shape index (κ3) is 3.19. The van der Waals surface area contributed by atoms with Crippen LogP contribution in [0.25, 0.3) is 0 Å². The van der Waals surface area contributed by atoms with Gasteiger partial charge in [-0.05, 0) is 26.2 Å². The predicted octanol–water partition coefficient (Wildman–Crippen LogP) is 0.293. The van der Waals surface area contributed by atoms with Gasteiger partial charge in [-0.1, -0.05) is 0 Å². The summed E-state index contributed by atoms with van der Waals surface area (Å²) in [7, 11) is 0. The van der Waals surface area contributed by atoms with Gasteiger partial charge in [0.25, 0.3) is 0 Å². The molecule has 92 valence electrons. The standard InChI is InChI=1S/C12H23N3O/c1-11-9-14(8-5-13-11)10-12(16)15-6-3-2-4-7-15/h11,13H,2-10H2,1H3/t11-/m0/s1. The minimum atomic E-state index is 0.328. The first-order valence-electron chi connectivity index (χ1n) is 6.49. The number of nitrogens with one attached hydrogen (secondary N) is 1. The molecular weight excluding hydrogens is 202 g/mol. The van der Waals surface area contributed by atoms with Gasteiger partial charge in [-0.3, -0.25) is 9.69 Å². The second-order valence-electron chi connectivity index (χ2n) is 5.03. The molecule has 0 saturated carbocycles. The van der Waals surface area contributed by atoms with E-state index in [-0.39, 0.29) is 0 Å². The number of hydrogen-bond donors (Lipinski definition) is 1. The molecular formula is C12H23N3O. The van der Waals surface area contributed by atoms with E-state index in [1.54, 1.807) is 0 Å². The maximum atomic E-state index is 12.0. The second-order valence-corrected chi connectivity index (χ2v) is 5.03. The molecule has 0 unspecified atom stereocenters. The molecule has 1 N–H and O–H groups in total. The van der Waals surface area contributed by atoms with E-state index in [0.717, 1.165) is 32.7 Å². The lowest BCUT2D eigenvalue weighted by Gasteiger charge is -2.34. The first-order chi connectivity index (χ1) is 7.75. The van der Waals surface area contributed by atoms with Crippen LogP contribution in [-0.4, -0.2) is 61.0 Å². The van der Waals surface area contributed by atoms with Gasteiger partial charge in [0.05, 0.1) is 6.54 Å². The summed E-state index contributed by atoms with van der Waals surface area (Å²) in [5.74, 6) is 0.328. The Kier molecular flexibility index (Phi) is 4.18. The van der Waals surface area contributed by atoms with Crippen molar-refractivity contribution >= 4 is 5.91 Å². The highest BCUT2D eigenvalue weighted by Gasteiger charge is 2.22. The zero-order chi connectivity index (χ0) is 11.4. The third-order valence-corrected chi connectivity index (χ3v) is 3.52. The van der Waals surface area contributed by atoms with Gasteiger partial charge in [-0.15, -0.1) is 0 Å². The van der Waals surface area contributed by atoms with Crippen molar-refractivity contribution < 1.29 is 4.79 Å². The molecule has 1 atom stereocenters. The van der Waals surface area contributed by atoms with Crippen molar-refractivity contribution in [1.29, 1.82) is 0 Å². The lowest BCUT2D eigenvalue weighted by molar-refractivity contribution is -0.133. The summed E-state index contributed by atoms with van der Waals surface area (Å²) in [5, 5.41) is 3.40. The topological polar surface area (TPSA) is 35.6 Å². The average molecular weight is 225 g/mol. The Bertz CT molecular complexity index is 238. The molecule has 1 amide bonds. The Morgan fingerprint density at radius 2 is 2.00 bits per heavy atom. The van der Waals surface area contributed by atoms with Crippen LogP contribution in [0.5, 0.6) is 0 Å². The molecule has 2 aliphatic heterocycles. The monoisotopic (exact) mass is 225 g/mol. The van der Waals surface area contributed by atoms with Crippen molar-refractivity contribution in [2.75, 3.05) is 39.3 Å². The fraction of sp³-hybridized carbons (Fsp3) is 0.917. The molecule has 4 nitrogen and oxygen atoms in total. The number of carbonyl (C=O) groups excluding carboxylic acids is 1. The highest BCUT2D eigenvalue weighted by Crippen LogP contribution is 2.09. The lowest BCUT2D eigenvalue weighted by atomic mass is 10.1. The fourth-order valence-electron chi connectivity index (χ4n) is 2.59. The first kappa shape index (κ1) is 11.9. The van der Waals surface area contributed by atoms with E-state index in [9.17, 15) is 4.79 Å². The van der Waals surface area contributed by atoms with Crippen LogP contribution in [-0.2, 0) is 4.79 Å². The Morgan fingerprint density at radius 1 is 1.25 bits per heavy atom. The third-order valence-electron chi connectivity index (χ3n) is 3.52. The van der Waals surface area contributed by atoms with E-state index in [2.05, 4.69) is 17.1 Å². The minimum Gasteiger partial charge on any atom is -0.342 e. The average Bonchev–Trinajstić information content (AvgIpc) is 2.30. The number of likely N-dealkylation sites (tertiary alicyclic amines) is 1. The molecule has 2 rings (SSSR count). The fourth-order valence-corrected chi connectivity index (χ4v) is 2.59. The largest absolute Gasteiger partial charge is 0.342 e. The predicted molar refractivity (Wildman–Crippen MR) is 64.3 cm³/mol. The number of hydrogen-bond acceptors (Lipinski definition) is 3. The van der Waals surface area contributed by atoms with Crippen molar-refractivity contribution in [2.24, 2.45) is 0 Å². The van der Waals surface area contributed by atoms with Gasteiger partial charge >= 0.3 is 0 Å². The maximum absolute atomic E-state index is 12.0. The number of piperazine rings is 1. The lowest BCUT2D eigenvalue weighted by Crippen LogP contribution is -2.52. The van der Waals surface area contributed by atoms with E-state index in [1.807, 2.05) is 4.90 Å². The van der Waals surface area contributed by atoms with Crippen LogP contribution < -0.4 is 5.32 Å². The SMILES string of the molecule is C[C@H]1CN(CC(=O)N2CCCCC2)CCN1. The van der Waals surface area contributed by atoms with Crippen LogP contribution in [0.4, 0.5) is 0 Å². The molecule has 2 saturated heterocycles. The quantitative estimate of drug-likeness (QED) is 0.734. The molecule has 16 heavy (non-hydrogen) atoms. The summed E-state index contributed by atoms with van der Waals surface area (Å²) in [6.45, 7) is 7.75. The highest BCUT2D eigenvalue weighted by molar-refractivity contribution is 5.78. The van der Waals surface area contributed by atoms with E-state index in [0.29, 0.717) is 18.5 Å². The highest BCUT2D eigenvalue weighted by atomic mass is 16.2. The van der Waals surface area contributed by atoms with Crippen LogP contribution in [0.3, 0.4) is 0 Å². The van der Waals surface area contributed by atoms with E-state index in [1.165, 1.54) is 19.3 Å². The summed E-state index contributed by atoms with van der Waals surface area (Å²) < 4.78 is 0. The van der Waals surface area contributed by atoms with Crippen molar-refractivity contribution in [2.45, 2.75) is 32.2 Å². The molecule has 0 aromatic rings. The zero-order valence-electron chi connectivity index (χ0n) is 10.2. The van der Waals surface area contributed by atoms with Crippen LogP contribution >= 0.6 is 0 Å². The van der Waals surface area contributed by atoms with Crippen molar-refractivity contribution in [1.82, 2.24) is 15.1 Å². The summed E-state index contributed by atoms with van der Waals surface area (Å²) in [5.41, 5.74) is 0. The summed E-state index contributed by atoms with van der Waals surface area (Å²) in [6, 6.07) is 0.517. The second kappa shape index (κ2) is 5.64. The van der Waals surface area contributed by atoms with E-state index < -0.39 is 0 Å². The Balaban J connectivity index is 1.77. The molecule has 4 heteroatoms. The summed E-state index contributed by atoms with van der Waals surface area (Å²) >= 11 is 0. The molecule has 0 aromatic heterocycles. The normalized spacial score (nSPS) is 28.1.